The average molecular weight is 234 g/mol. The zero-order valence-electron chi connectivity index (χ0n) is 9.41. The molecule has 0 radical (unpaired) electrons. The van der Waals surface area contributed by atoms with Crippen molar-refractivity contribution in [2.75, 3.05) is 0 Å². The molecule has 1 saturated carbocycles. The maximum Gasteiger partial charge on any atom is 0.248 e. The fraction of sp³-hybridized carbons (Fsp3) is 0.600. The predicted octanol–water partition coefficient (Wildman–Crippen LogP) is 0.436. The zero-order valence-corrected chi connectivity index (χ0v) is 9.41. The van der Waals surface area contributed by atoms with Gasteiger partial charge in [-0.3, -0.25) is 0 Å². The number of hydrogen-bond donors (Lipinski definition) is 1. The molecule has 0 saturated heterocycles. The Bertz CT molecular complexity index is 500. The number of aromatic nitrogens is 5. The molecular formula is C10H14N6O. The largest absolute Gasteiger partial charge is 0.337 e. The maximum absolute atomic E-state index is 5.46. The van der Waals surface area contributed by atoms with Crippen LogP contribution >= 0.6 is 0 Å². The normalized spacial score (nSPS) is 16.1. The van der Waals surface area contributed by atoms with Crippen LogP contribution in [0.2, 0.25) is 0 Å². The standard InChI is InChI=1S/C10H14N6O/c11-4-8-5-16(15-13-8)6-9-12-10(14-17-9)7-2-1-3-7/h5,7H,1-4,6,11H2. The molecule has 90 valence electrons. The van der Waals surface area contributed by atoms with Gasteiger partial charge in [0.15, 0.2) is 5.82 Å². The Morgan fingerprint density at radius 1 is 1.47 bits per heavy atom. The Hall–Kier alpha value is -1.76. The summed E-state index contributed by atoms with van der Waals surface area (Å²) in [5.74, 6) is 1.88. The molecule has 0 aliphatic heterocycles. The van der Waals surface area contributed by atoms with Gasteiger partial charge in [-0.25, -0.2) is 4.68 Å². The summed E-state index contributed by atoms with van der Waals surface area (Å²) in [5.41, 5.74) is 6.21. The Morgan fingerprint density at radius 2 is 2.35 bits per heavy atom. The van der Waals surface area contributed by atoms with E-state index in [-0.39, 0.29) is 0 Å². The van der Waals surface area contributed by atoms with E-state index < -0.39 is 0 Å². The summed E-state index contributed by atoms with van der Waals surface area (Å²) in [6.45, 7) is 0.837. The molecule has 0 bridgehead atoms. The van der Waals surface area contributed by atoms with E-state index in [1.807, 2.05) is 0 Å². The van der Waals surface area contributed by atoms with Crippen molar-refractivity contribution in [3.63, 3.8) is 0 Å². The van der Waals surface area contributed by atoms with Crippen LogP contribution in [0.25, 0.3) is 0 Å². The molecule has 0 amide bonds. The van der Waals surface area contributed by atoms with Crippen molar-refractivity contribution < 1.29 is 4.52 Å². The molecule has 0 unspecified atom stereocenters. The van der Waals surface area contributed by atoms with Crippen molar-refractivity contribution in [2.45, 2.75) is 38.3 Å². The van der Waals surface area contributed by atoms with Gasteiger partial charge < -0.3 is 10.3 Å². The highest BCUT2D eigenvalue weighted by atomic mass is 16.5. The molecule has 1 aliphatic carbocycles. The van der Waals surface area contributed by atoms with Crippen LogP contribution in [0.4, 0.5) is 0 Å². The Labute approximate surface area is 98.0 Å². The monoisotopic (exact) mass is 234 g/mol. The molecule has 3 rings (SSSR count). The highest BCUT2D eigenvalue weighted by molar-refractivity contribution is 5.00. The number of nitrogens with two attached hydrogens (primary N) is 1. The first kappa shape index (κ1) is 10.4. The molecule has 2 N–H and O–H groups in total. The summed E-state index contributed by atoms with van der Waals surface area (Å²) in [6.07, 6.45) is 5.38. The SMILES string of the molecule is NCc1cn(Cc2nc(C3CCC3)no2)nn1. The fourth-order valence-electron chi connectivity index (χ4n) is 1.81. The Morgan fingerprint density at radius 3 is 3.00 bits per heavy atom. The highest BCUT2D eigenvalue weighted by Crippen LogP contribution is 2.34. The molecule has 0 aromatic carbocycles. The van der Waals surface area contributed by atoms with E-state index in [9.17, 15) is 0 Å². The first-order valence-electron chi connectivity index (χ1n) is 5.76. The Kier molecular flexibility index (Phi) is 2.60. The fourth-order valence-corrected chi connectivity index (χ4v) is 1.81. The molecule has 17 heavy (non-hydrogen) atoms. The molecule has 0 spiro atoms. The first-order valence-corrected chi connectivity index (χ1v) is 5.76. The lowest BCUT2D eigenvalue weighted by Crippen LogP contribution is -2.10. The van der Waals surface area contributed by atoms with E-state index >= 15 is 0 Å². The molecule has 7 nitrogen and oxygen atoms in total. The number of rotatable bonds is 4. The predicted molar refractivity (Wildman–Crippen MR) is 57.9 cm³/mol. The minimum Gasteiger partial charge on any atom is -0.337 e. The molecular weight excluding hydrogens is 220 g/mol. The van der Waals surface area contributed by atoms with Crippen LogP contribution in [0.5, 0.6) is 0 Å². The summed E-state index contributed by atoms with van der Waals surface area (Å²) in [5, 5.41) is 11.8. The number of hydrogen-bond acceptors (Lipinski definition) is 6. The molecule has 2 aromatic heterocycles. The second-order valence-corrected chi connectivity index (χ2v) is 4.29. The maximum atomic E-state index is 5.46. The molecule has 1 fully saturated rings. The van der Waals surface area contributed by atoms with E-state index in [2.05, 4.69) is 20.5 Å². The van der Waals surface area contributed by atoms with Crippen molar-refractivity contribution in [3.05, 3.63) is 23.6 Å². The second kappa shape index (κ2) is 4.25. The van der Waals surface area contributed by atoms with Crippen LogP contribution < -0.4 is 5.73 Å². The molecule has 0 atom stereocenters. The number of nitrogens with zero attached hydrogens (tertiary/aromatic N) is 5. The van der Waals surface area contributed by atoms with Gasteiger partial charge in [-0.05, 0) is 12.8 Å². The van der Waals surface area contributed by atoms with E-state index in [1.54, 1.807) is 10.9 Å². The van der Waals surface area contributed by atoms with Crippen molar-refractivity contribution in [2.24, 2.45) is 5.73 Å². The minimum atomic E-state index is 0.386. The van der Waals surface area contributed by atoms with Crippen molar-refractivity contribution >= 4 is 0 Å². The van der Waals surface area contributed by atoms with Gasteiger partial charge in [0.2, 0.25) is 5.89 Å². The average Bonchev–Trinajstić information content (AvgIpc) is 2.86. The van der Waals surface area contributed by atoms with Crippen molar-refractivity contribution in [1.82, 2.24) is 25.1 Å². The molecule has 7 heteroatoms. The van der Waals surface area contributed by atoms with Gasteiger partial charge in [0, 0.05) is 12.5 Å². The second-order valence-electron chi connectivity index (χ2n) is 4.29. The Balaban J connectivity index is 1.69. The lowest BCUT2D eigenvalue weighted by Gasteiger charge is -2.20. The molecule has 2 aromatic rings. The highest BCUT2D eigenvalue weighted by Gasteiger charge is 2.24. The zero-order chi connectivity index (χ0) is 11.7. The quantitative estimate of drug-likeness (QED) is 0.824. The van der Waals surface area contributed by atoms with E-state index in [1.165, 1.54) is 19.3 Å². The van der Waals surface area contributed by atoms with Crippen LogP contribution in [0.15, 0.2) is 10.7 Å². The summed E-state index contributed by atoms with van der Waals surface area (Å²) >= 11 is 0. The van der Waals surface area contributed by atoms with E-state index in [4.69, 9.17) is 10.3 Å². The lowest BCUT2D eigenvalue weighted by molar-refractivity contribution is 0.340. The van der Waals surface area contributed by atoms with Crippen LogP contribution in [-0.4, -0.2) is 25.1 Å². The summed E-state index contributed by atoms with van der Waals surface area (Å²) in [4.78, 5) is 4.36. The minimum absolute atomic E-state index is 0.386. The van der Waals surface area contributed by atoms with E-state index in [0.29, 0.717) is 24.9 Å². The summed E-state index contributed by atoms with van der Waals surface area (Å²) in [6, 6.07) is 0. The van der Waals surface area contributed by atoms with E-state index in [0.717, 1.165) is 11.5 Å². The topological polar surface area (TPSA) is 95.7 Å². The van der Waals surface area contributed by atoms with Crippen molar-refractivity contribution in [3.8, 4) is 0 Å². The lowest BCUT2D eigenvalue weighted by atomic mass is 9.85. The van der Waals surface area contributed by atoms with Gasteiger partial charge in [-0.2, -0.15) is 4.98 Å². The van der Waals surface area contributed by atoms with Gasteiger partial charge in [0.1, 0.15) is 6.54 Å². The van der Waals surface area contributed by atoms with Crippen molar-refractivity contribution in [1.29, 1.82) is 0 Å². The van der Waals surface area contributed by atoms with Crippen LogP contribution in [0, 0.1) is 0 Å². The third-order valence-electron chi connectivity index (χ3n) is 3.05. The van der Waals surface area contributed by atoms with Gasteiger partial charge in [0.05, 0.1) is 11.9 Å². The van der Waals surface area contributed by atoms with Gasteiger partial charge in [-0.15, -0.1) is 5.10 Å². The molecule has 2 heterocycles. The van der Waals surface area contributed by atoms with Gasteiger partial charge in [-0.1, -0.05) is 16.8 Å². The van der Waals surface area contributed by atoms with Crippen LogP contribution in [0.1, 0.15) is 42.6 Å². The third-order valence-corrected chi connectivity index (χ3v) is 3.05. The third kappa shape index (κ3) is 2.05. The summed E-state index contributed by atoms with van der Waals surface area (Å²) < 4.78 is 6.84. The smallest absolute Gasteiger partial charge is 0.248 e. The van der Waals surface area contributed by atoms with Crippen LogP contribution in [0.3, 0.4) is 0 Å². The first-order chi connectivity index (χ1) is 8.35. The van der Waals surface area contributed by atoms with Gasteiger partial charge >= 0.3 is 0 Å². The summed E-state index contributed by atoms with van der Waals surface area (Å²) in [7, 11) is 0. The molecule has 1 aliphatic rings. The van der Waals surface area contributed by atoms with Crippen LogP contribution in [-0.2, 0) is 13.1 Å². The van der Waals surface area contributed by atoms with Gasteiger partial charge in [0.25, 0.3) is 0 Å².